The molecule has 170 valence electrons. The Bertz CT molecular complexity index is 1370. The van der Waals surface area contributed by atoms with Gasteiger partial charge in [0.1, 0.15) is 11.6 Å². The summed E-state index contributed by atoms with van der Waals surface area (Å²) in [7, 11) is 3.25. The first-order chi connectivity index (χ1) is 15.9. The molecule has 2 atom stereocenters. The molecule has 3 aromatic heterocycles. The molecule has 0 spiro atoms. The quantitative estimate of drug-likeness (QED) is 0.503. The third-order valence-electron chi connectivity index (χ3n) is 5.92. The van der Waals surface area contributed by atoms with E-state index >= 15 is 4.39 Å². The highest BCUT2D eigenvalue weighted by Gasteiger charge is 2.36. The van der Waals surface area contributed by atoms with Crippen LogP contribution in [0.3, 0.4) is 0 Å². The van der Waals surface area contributed by atoms with Crippen LogP contribution in [-0.4, -0.2) is 62.1 Å². The van der Waals surface area contributed by atoms with E-state index in [1.807, 2.05) is 6.92 Å². The lowest BCUT2D eigenvalue weighted by atomic mass is 10.0. The second-order valence-electron chi connectivity index (χ2n) is 7.99. The highest BCUT2D eigenvalue weighted by molar-refractivity contribution is 6.10. The molecule has 5 rings (SSSR count). The van der Waals surface area contributed by atoms with E-state index in [1.54, 1.807) is 35.0 Å². The Morgan fingerprint density at radius 1 is 1.24 bits per heavy atom. The molecule has 0 radical (unpaired) electrons. The number of hydrogen-bond donors (Lipinski definition) is 1. The van der Waals surface area contributed by atoms with Gasteiger partial charge in [0.2, 0.25) is 5.88 Å². The van der Waals surface area contributed by atoms with E-state index in [4.69, 9.17) is 15.2 Å². The molecule has 0 unspecified atom stereocenters. The van der Waals surface area contributed by atoms with Crippen LogP contribution in [0.4, 0.5) is 10.2 Å². The van der Waals surface area contributed by atoms with E-state index in [2.05, 4.69) is 20.3 Å². The summed E-state index contributed by atoms with van der Waals surface area (Å²) >= 11 is 0. The highest BCUT2D eigenvalue weighted by Crippen LogP contribution is 2.32. The largest absolute Gasteiger partial charge is 0.480 e. The fourth-order valence-corrected chi connectivity index (χ4v) is 4.29. The number of fused-ring (bicyclic) bond motifs is 3. The number of morpholine rings is 1. The molecule has 11 heteroatoms. The van der Waals surface area contributed by atoms with Crippen molar-refractivity contribution in [1.29, 1.82) is 0 Å². The summed E-state index contributed by atoms with van der Waals surface area (Å²) in [5.74, 6) is -0.544. The Balaban J connectivity index is 1.62. The summed E-state index contributed by atoms with van der Waals surface area (Å²) in [5.41, 5.74) is 7.51. The lowest BCUT2D eigenvalue weighted by molar-refractivity contribution is -0.0331. The summed E-state index contributed by atoms with van der Waals surface area (Å²) in [6.45, 7) is 2.39. The molecule has 1 saturated heterocycles. The second kappa shape index (κ2) is 7.93. The number of anilines is 1. The van der Waals surface area contributed by atoms with Gasteiger partial charge in [0.05, 0.1) is 66.3 Å². The molecule has 1 aromatic carbocycles. The minimum Gasteiger partial charge on any atom is -0.480 e. The number of carbonyl (C=O) groups excluding carboxylic acids is 1. The number of benzene rings is 1. The Labute approximate surface area is 188 Å². The number of hydrogen-bond acceptors (Lipinski definition) is 8. The van der Waals surface area contributed by atoms with Crippen LogP contribution in [-0.2, 0) is 11.8 Å². The van der Waals surface area contributed by atoms with Crippen molar-refractivity contribution in [3.8, 4) is 5.88 Å². The maximum atomic E-state index is 15.2. The van der Waals surface area contributed by atoms with Crippen LogP contribution < -0.4 is 10.5 Å². The zero-order valence-electron chi connectivity index (χ0n) is 18.3. The van der Waals surface area contributed by atoms with Gasteiger partial charge in [-0.3, -0.25) is 9.48 Å². The van der Waals surface area contributed by atoms with Gasteiger partial charge in [-0.1, -0.05) is 0 Å². The number of rotatable bonds is 3. The summed E-state index contributed by atoms with van der Waals surface area (Å²) in [6.07, 6.45) is 1.60. The smallest absolute Gasteiger partial charge is 0.257 e. The zero-order valence-corrected chi connectivity index (χ0v) is 18.3. The average Bonchev–Trinajstić information content (AvgIpc) is 3.20. The van der Waals surface area contributed by atoms with Crippen molar-refractivity contribution >= 4 is 33.5 Å². The van der Waals surface area contributed by atoms with Gasteiger partial charge in [-0.25, -0.2) is 9.37 Å². The Morgan fingerprint density at radius 3 is 2.79 bits per heavy atom. The molecule has 10 nitrogen and oxygen atoms in total. The molecule has 4 aromatic rings. The van der Waals surface area contributed by atoms with Crippen LogP contribution in [0.5, 0.6) is 5.88 Å². The monoisotopic (exact) mass is 451 g/mol. The number of aromatic nitrogens is 5. The second-order valence-corrected chi connectivity index (χ2v) is 7.99. The molecular formula is C22H22FN7O3. The molecule has 1 aliphatic heterocycles. The summed E-state index contributed by atoms with van der Waals surface area (Å²) in [4.78, 5) is 19.6. The third kappa shape index (κ3) is 3.41. The average molecular weight is 451 g/mol. The number of ether oxygens (including phenoxy) is 2. The predicted octanol–water partition coefficient (Wildman–Crippen LogP) is 2.24. The fourth-order valence-electron chi connectivity index (χ4n) is 4.29. The van der Waals surface area contributed by atoms with Crippen LogP contribution in [0.1, 0.15) is 29.0 Å². The molecule has 4 heterocycles. The van der Waals surface area contributed by atoms with Gasteiger partial charge in [-0.15, -0.1) is 10.2 Å². The van der Waals surface area contributed by atoms with Crippen LogP contribution in [0.15, 0.2) is 30.5 Å². The first-order valence-electron chi connectivity index (χ1n) is 10.4. The number of nitrogens with zero attached hydrogens (tertiary/aromatic N) is 6. The van der Waals surface area contributed by atoms with Gasteiger partial charge in [0.15, 0.2) is 0 Å². The molecule has 1 amide bonds. The van der Waals surface area contributed by atoms with E-state index in [9.17, 15) is 4.79 Å². The van der Waals surface area contributed by atoms with Crippen molar-refractivity contribution < 1.29 is 18.7 Å². The van der Waals surface area contributed by atoms with E-state index in [0.717, 1.165) is 0 Å². The van der Waals surface area contributed by atoms with Gasteiger partial charge in [-0.2, -0.15) is 5.10 Å². The molecular weight excluding hydrogens is 429 g/mol. The number of amides is 1. The van der Waals surface area contributed by atoms with Crippen LogP contribution in [0.25, 0.3) is 21.8 Å². The van der Waals surface area contributed by atoms with Gasteiger partial charge in [-0.05, 0) is 19.1 Å². The molecule has 33 heavy (non-hydrogen) atoms. The summed E-state index contributed by atoms with van der Waals surface area (Å²) in [6, 6.07) is 5.30. The molecule has 1 fully saturated rings. The Kier molecular flexibility index (Phi) is 5.05. The normalized spacial score (nSPS) is 18.7. The van der Waals surface area contributed by atoms with Gasteiger partial charge >= 0.3 is 0 Å². The van der Waals surface area contributed by atoms with Crippen LogP contribution in [0, 0.1) is 5.82 Å². The van der Waals surface area contributed by atoms with Crippen molar-refractivity contribution in [3.63, 3.8) is 0 Å². The first-order valence-corrected chi connectivity index (χ1v) is 10.4. The number of nitrogen functional groups attached to an aromatic ring is 1. The first kappa shape index (κ1) is 21.0. The Morgan fingerprint density at radius 2 is 2.06 bits per heavy atom. The fraction of sp³-hybridized carbons (Fsp3) is 0.318. The number of nitrogens with two attached hydrogens (primary N) is 1. The van der Waals surface area contributed by atoms with Crippen molar-refractivity contribution in [1.82, 2.24) is 29.9 Å². The third-order valence-corrected chi connectivity index (χ3v) is 5.92. The molecule has 0 bridgehead atoms. The maximum Gasteiger partial charge on any atom is 0.257 e. The predicted molar refractivity (Wildman–Crippen MR) is 118 cm³/mol. The number of carbonyl (C=O) groups is 1. The van der Waals surface area contributed by atoms with Gasteiger partial charge in [0, 0.05) is 24.6 Å². The van der Waals surface area contributed by atoms with E-state index in [0.29, 0.717) is 40.0 Å². The number of halogens is 1. The molecule has 0 aliphatic carbocycles. The van der Waals surface area contributed by atoms with Gasteiger partial charge in [0.25, 0.3) is 5.91 Å². The number of methoxy groups -OCH3 is 1. The van der Waals surface area contributed by atoms with Crippen LogP contribution >= 0.6 is 0 Å². The van der Waals surface area contributed by atoms with Crippen molar-refractivity contribution in [3.05, 3.63) is 47.5 Å². The standard InChI is InChI=1S/C22H22FN7O3/c1-11-9-33-10-18(16-4-5-19(32-3)28-27-16)30(11)22(31)12-6-13-17(7-15(12)23)26-21(24)14-8-25-29(2)20(13)14/h4-8,11,18H,9-10H2,1-3H3,(H2,24,26)/t11-,18-/m1/s1. The summed E-state index contributed by atoms with van der Waals surface area (Å²) < 4.78 is 27.6. The summed E-state index contributed by atoms with van der Waals surface area (Å²) in [5, 5.41) is 13.6. The maximum absolute atomic E-state index is 15.2. The zero-order chi connectivity index (χ0) is 23.3. The number of aryl methyl sites for hydroxylation is 1. The lowest BCUT2D eigenvalue weighted by Crippen LogP contribution is -2.49. The number of pyridine rings is 1. The lowest BCUT2D eigenvalue weighted by Gasteiger charge is -2.40. The van der Waals surface area contributed by atoms with Crippen molar-refractivity contribution in [2.75, 3.05) is 26.1 Å². The van der Waals surface area contributed by atoms with Crippen molar-refractivity contribution in [2.24, 2.45) is 7.05 Å². The minimum absolute atomic E-state index is 0.0724. The van der Waals surface area contributed by atoms with Crippen LogP contribution in [0.2, 0.25) is 0 Å². The van der Waals surface area contributed by atoms with Gasteiger partial charge < -0.3 is 20.1 Å². The molecule has 0 saturated carbocycles. The minimum atomic E-state index is -0.681. The highest BCUT2D eigenvalue weighted by atomic mass is 19.1. The molecule has 2 N–H and O–H groups in total. The topological polar surface area (TPSA) is 121 Å². The Hall–Kier alpha value is -3.86. The van der Waals surface area contributed by atoms with Crippen molar-refractivity contribution in [2.45, 2.75) is 19.0 Å². The van der Waals surface area contributed by atoms with E-state index in [-0.39, 0.29) is 24.0 Å². The SMILES string of the molecule is COc1ccc([C@H]2COC[C@@H](C)N2C(=O)c2cc3c(cc2F)nc(N)c2cnn(C)c23)nn1. The van der Waals surface area contributed by atoms with E-state index < -0.39 is 17.8 Å². The molecule has 1 aliphatic rings. The van der Waals surface area contributed by atoms with E-state index in [1.165, 1.54) is 19.2 Å².